The van der Waals surface area contributed by atoms with E-state index in [1.54, 1.807) is 0 Å². The number of nitrogens with one attached hydrogen (secondary N) is 1. The number of unbranched alkanes of at least 4 members (excludes halogenated alkanes) is 35. The summed E-state index contributed by atoms with van der Waals surface area (Å²) in [4.78, 5) is 13.4. The van der Waals surface area contributed by atoms with Gasteiger partial charge in [-0.2, -0.15) is 0 Å². The van der Waals surface area contributed by atoms with Gasteiger partial charge in [0.2, 0.25) is 5.91 Å². The average Bonchev–Trinajstić information content (AvgIpc) is 3.53. The summed E-state index contributed by atoms with van der Waals surface area (Å²) in [5, 5.41) is 120. The fourth-order valence-electron chi connectivity index (χ4n) is 11.7. The summed E-state index contributed by atoms with van der Waals surface area (Å²) in [7, 11) is 0. The van der Waals surface area contributed by atoms with Crippen LogP contribution in [0.25, 0.3) is 0 Å². The molecule has 0 radical (unpaired) electrons. The van der Waals surface area contributed by atoms with E-state index in [0.717, 1.165) is 44.9 Å². The number of carbonyl (C=O) groups is 1. The average molecular weight is 1180 g/mol. The molecule has 3 rings (SSSR count). The van der Waals surface area contributed by atoms with Gasteiger partial charge in [0.15, 0.2) is 18.9 Å². The third-order valence-electron chi connectivity index (χ3n) is 17.2. The van der Waals surface area contributed by atoms with Crippen molar-refractivity contribution in [3.8, 4) is 0 Å². The van der Waals surface area contributed by atoms with E-state index in [2.05, 4.69) is 19.2 Å². The predicted molar refractivity (Wildman–Crippen MR) is 314 cm³/mol. The van der Waals surface area contributed by atoms with Gasteiger partial charge >= 0.3 is 0 Å². The van der Waals surface area contributed by atoms with Crippen LogP contribution in [0.4, 0.5) is 0 Å². The largest absolute Gasteiger partial charge is 0.394 e. The maximum atomic E-state index is 13.4. The van der Waals surface area contributed by atoms with E-state index in [4.69, 9.17) is 28.4 Å². The van der Waals surface area contributed by atoms with Gasteiger partial charge < -0.3 is 89.9 Å². The van der Waals surface area contributed by atoms with Gasteiger partial charge in [0.1, 0.15) is 73.2 Å². The van der Waals surface area contributed by atoms with Crippen molar-refractivity contribution in [1.29, 1.82) is 0 Å². The van der Waals surface area contributed by atoms with Crippen molar-refractivity contribution in [2.24, 2.45) is 0 Å². The van der Waals surface area contributed by atoms with Crippen LogP contribution in [0.2, 0.25) is 0 Å². The highest BCUT2D eigenvalue weighted by atomic mass is 16.8. The highest BCUT2D eigenvalue weighted by Crippen LogP contribution is 2.33. The molecule has 17 atom stereocenters. The molecule has 3 fully saturated rings. The van der Waals surface area contributed by atoms with Crippen molar-refractivity contribution in [3.05, 3.63) is 0 Å². The Bertz CT molecular complexity index is 1500. The lowest BCUT2D eigenvalue weighted by molar-refractivity contribution is -0.379. The minimum absolute atomic E-state index is 0.239. The Labute approximate surface area is 493 Å². The molecule has 486 valence electrons. The zero-order chi connectivity index (χ0) is 59.7. The van der Waals surface area contributed by atoms with Crippen molar-refractivity contribution in [3.63, 3.8) is 0 Å². The third-order valence-corrected chi connectivity index (χ3v) is 17.2. The first-order valence-corrected chi connectivity index (χ1v) is 33.3. The van der Waals surface area contributed by atoms with Crippen LogP contribution in [-0.2, 0) is 33.2 Å². The molecule has 0 bridgehead atoms. The summed E-state index contributed by atoms with van der Waals surface area (Å²) in [6.07, 6.45) is 20.5. The van der Waals surface area contributed by atoms with E-state index in [-0.39, 0.29) is 18.9 Å². The van der Waals surface area contributed by atoms with E-state index < -0.39 is 124 Å². The molecule has 12 N–H and O–H groups in total. The second-order valence-corrected chi connectivity index (χ2v) is 24.3. The van der Waals surface area contributed by atoms with Gasteiger partial charge in [0.25, 0.3) is 0 Å². The first kappa shape index (κ1) is 75.0. The van der Waals surface area contributed by atoms with Gasteiger partial charge in [0, 0.05) is 6.42 Å². The van der Waals surface area contributed by atoms with Gasteiger partial charge in [-0.1, -0.05) is 245 Å². The number of aliphatic hydroxyl groups excluding tert-OH is 11. The summed E-state index contributed by atoms with van der Waals surface area (Å²) in [6, 6.07) is -0.880. The molecule has 0 aromatic carbocycles. The van der Waals surface area contributed by atoms with Gasteiger partial charge in [0.05, 0.1) is 38.6 Å². The highest BCUT2D eigenvalue weighted by Gasteiger charge is 2.53. The van der Waals surface area contributed by atoms with E-state index in [1.807, 2.05) is 0 Å². The van der Waals surface area contributed by atoms with Gasteiger partial charge in [-0.3, -0.25) is 4.79 Å². The van der Waals surface area contributed by atoms with Crippen LogP contribution >= 0.6 is 0 Å². The number of rotatable bonds is 51. The Morgan fingerprint density at radius 3 is 1.06 bits per heavy atom. The normalized spacial score (nSPS) is 29.5. The Kier molecular flexibility index (Phi) is 42.9. The quantitative estimate of drug-likeness (QED) is 0.0262. The number of hydrogen-bond donors (Lipinski definition) is 12. The van der Waals surface area contributed by atoms with Crippen molar-refractivity contribution < 1.29 is 89.4 Å². The Hall–Kier alpha value is -1.21. The summed E-state index contributed by atoms with van der Waals surface area (Å²) in [5.41, 5.74) is 0. The predicted octanol–water partition coefficient (Wildman–Crippen LogP) is 7.55. The Balaban J connectivity index is 1.43. The standard InChI is InChI=1S/C63H121NO18/c1-3-5-7-9-11-13-15-17-18-19-20-21-22-23-24-25-26-27-29-30-32-34-36-38-40-47(68)46(64-51(69)41-39-37-35-33-31-28-16-14-12-10-8-6-4-2)45-77-61-57(75)54(72)59(49(43-66)79-61)82-63-58(76)55(73)60(50(44-67)80-63)81-62-56(74)53(71)52(70)48(42-65)78-62/h46-50,52-63,65-68,70-76H,3-45H2,1-2H3,(H,64,69). The lowest BCUT2D eigenvalue weighted by atomic mass is 9.96. The molecule has 3 heterocycles. The Morgan fingerprint density at radius 1 is 0.390 bits per heavy atom. The third kappa shape index (κ3) is 29.7. The molecular weight excluding hydrogens is 1060 g/mol. The molecule has 0 spiro atoms. The summed E-state index contributed by atoms with van der Waals surface area (Å²) < 4.78 is 34.4. The van der Waals surface area contributed by atoms with Gasteiger partial charge in [-0.25, -0.2) is 0 Å². The van der Waals surface area contributed by atoms with Gasteiger partial charge in [-0.15, -0.1) is 0 Å². The van der Waals surface area contributed by atoms with E-state index in [1.165, 1.54) is 186 Å². The minimum Gasteiger partial charge on any atom is -0.394 e. The molecule has 3 saturated heterocycles. The van der Waals surface area contributed by atoms with Crippen molar-refractivity contribution >= 4 is 5.91 Å². The van der Waals surface area contributed by atoms with Crippen molar-refractivity contribution in [2.75, 3.05) is 26.4 Å². The summed E-state index contributed by atoms with van der Waals surface area (Å²) in [5.74, 6) is -0.239. The van der Waals surface area contributed by atoms with Crippen LogP contribution in [-0.4, -0.2) is 193 Å². The molecule has 1 amide bonds. The lowest BCUT2D eigenvalue weighted by Gasteiger charge is -2.48. The smallest absolute Gasteiger partial charge is 0.220 e. The second kappa shape index (κ2) is 46.9. The molecule has 0 saturated carbocycles. The van der Waals surface area contributed by atoms with E-state index >= 15 is 0 Å². The minimum atomic E-state index is -1.97. The van der Waals surface area contributed by atoms with Crippen LogP contribution in [0, 0.1) is 0 Å². The molecule has 3 aliphatic rings. The van der Waals surface area contributed by atoms with Crippen LogP contribution in [0.1, 0.15) is 264 Å². The molecule has 0 aliphatic carbocycles. The topological polar surface area (TPSA) is 307 Å². The molecule has 82 heavy (non-hydrogen) atoms. The monoisotopic (exact) mass is 1180 g/mol. The fraction of sp³-hybridized carbons (Fsp3) is 0.984. The van der Waals surface area contributed by atoms with Crippen molar-refractivity contribution in [1.82, 2.24) is 5.32 Å². The maximum absolute atomic E-state index is 13.4. The zero-order valence-electron chi connectivity index (χ0n) is 51.0. The van der Waals surface area contributed by atoms with E-state index in [9.17, 15) is 61.0 Å². The molecule has 19 heteroatoms. The second-order valence-electron chi connectivity index (χ2n) is 24.3. The maximum Gasteiger partial charge on any atom is 0.220 e. The molecule has 17 unspecified atom stereocenters. The van der Waals surface area contributed by atoms with Crippen LogP contribution in [0.3, 0.4) is 0 Å². The summed E-state index contributed by atoms with van der Waals surface area (Å²) >= 11 is 0. The number of amides is 1. The zero-order valence-corrected chi connectivity index (χ0v) is 51.0. The number of aliphatic hydroxyl groups is 11. The molecular formula is C63H121NO18. The van der Waals surface area contributed by atoms with Crippen LogP contribution in [0.15, 0.2) is 0 Å². The number of carbonyl (C=O) groups excluding carboxylic acids is 1. The fourth-order valence-corrected chi connectivity index (χ4v) is 11.7. The number of ether oxygens (including phenoxy) is 6. The molecule has 19 nitrogen and oxygen atoms in total. The van der Waals surface area contributed by atoms with Crippen molar-refractivity contribution in [2.45, 2.75) is 369 Å². The molecule has 0 aromatic heterocycles. The lowest BCUT2D eigenvalue weighted by Crippen LogP contribution is -2.66. The van der Waals surface area contributed by atoms with Crippen LogP contribution in [0.5, 0.6) is 0 Å². The van der Waals surface area contributed by atoms with Crippen LogP contribution < -0.4 is 5.32 Å². The number of hydrogen-bond acceptors (Lipinski definition) is 18. The molecule has 3 aliphatic heterocycles. The Morgan fingerprint density at radius 2 is 0.695 bits per heavy atom. The first-order chi connectivity index (χ1) is 39.8. The SMILES string of the molecule is CCCCCCCCCCCCCCCCCCCCCCCCCCC(O)C(COC1OC(CO)C(OC2OC(CO)C(OC3OC(CO)C(O)C(O)C3O)C(O)C2O)C(O)C1O)NC(=O)CCCCCCCCCCCCCCC. The van der Waals surface area contributed by atoms with Gasteiger partial charge in [-0.05, 0) is 12.8 Å². The van der Waals surface area contributed by atoms with E-state index in [0.29, 0.717) is 12.8 Å². The highest BCUT2D eigenvalue weighted by molar-refractivity contribution is 5.76. The summed E-state index contributed by atoms with van der Waals surface area (Å²) in [6.45, 7) is 1.82. The molecule has 0 aromatic rings. The first-order valence-electron chi connectivity index (χ1n) is 33.3.